The van der Waals surface area contributed by atoms with Crippen LogP contribution in [0.25, 0.3) is 22.5 Å². The molecule has 0 N–H and O–H groups in total. The molecule has 2 heterocycles. The molecular formula is C24H20IrN2. The van der Waals surface area contributed by atoms with Crippen molar-refractivity contribution in [1.29, 1.82) is 0 Å². The predicted molar refractivity (Wildman–Crippen MR) is 108 cm³/mol. The molecule has 0 saturated heterocycles. The maximum atomic E-state index is 4.65. The Bertz CT molecular complexity index is 1000. The van der Waals surface area contributed by atoms with E-state index in [2.05, 4.69) is 84.5 Å². The molecule has 4 rings (SSSR count). The van der Waals surface area contributed by atoms with E-state index in [4.69, 9.17) is 0 Å². The monoisotopic (exact) mass is 529 g/mol. The Hall–Kier alpha value is -2.61. The third-order valence-corrected chi connectivity index (χ3v) is 7.80. The van der Waals surface area contributed by atoms with Crippen molar-refractivity contribution in [2.24, 2.45) is 0 Å². The van der Waals surface area contributed by atoms with Crippen molar-refractivity contribution in [2.75, 3.05) is 0 Å². The van der Waals surface area contributed by atoms with Crippen molar-refractivity contribution in [2.45, 2.75) is 13.8 Å². The Balaban J connectivity index is 1.80. The van der Waals surface area contributed by atoms with Crippen LogP contribution in [0.4, 0.5) is 0 Å². The van der Waals surface area contributed by atoms with Gasteiger partial charge in [0.05, 0.1) is 0 Å². The van der Waals surface area contributed by atoms with Crippen LogP contribution in [0.2, 0.25) is 0 Å². The molecule has 0 aliphatic heterocycles. The third-order valence-electron chi connectivity index (χ3n) is 4.42. The molecule has 135 valence electrons. The van der Waals surface area contributed by atoms with Gasteiger partial charge in [0, 0.05) is 0 Å². The summed E-state index contributed by atoms with van der Waals surface area (Å²) in [6, 6.07) is 25.6. The number of aromatic nitrogens is 2. The fourth-order valence-electron chi connectivity index (χ4n) is 3.06. The van der Waals surface area contributed by atoms with Gasteiger partial charge in [-0.1, -0.05) is 0 Å². The SMILES string of the molecule is Cc1cccnc1-c1cccc[c]1[Ir][c]1ccccc1-c1ncccc1C. The van der Waals surface area contributed by atoms with Gasteiger partial charge in [0.15, 0.2) is 0 Å². The summed E-state index contributed by atoms with van der Waals surface area (Å²) in [5.41, 5.74) is 7.11. The average molecular weight is 529 g/mol. The standard InChI is InChI=1S/2C12H10N.Ir/c2*1-10-6-5-9-13-12(10)11-7-3-2-4-8-11;/h2*2-7,9H,1H3;. The molecule has 0 amide bonds. The average Bonchev–Trinajstić information content (AvgIpc) is 2.70. The van der Waals surface area contributed by atoms with E-state index in [1.165, 1.54) is 30.4 Å². The summed E-state index contributed by atoms with van der Waals surface area (Å²) in [5.74, 6) is 0. The van der Waals surface area contributed by atoms with Gasteiger partial charge >= 0.3 is 168 Å². The van der Waals surface area contributed by atoms with Crippen LogP contribution >= 0.6 is 0 Å². The van der Waals surface area contributed by atoms with E-state index < -0.39 is 17.7 Å². The van der Waals surface area contributed by atoms with Crippen LogP contribution in [0.1, 0.15) is 11.1 Å². The molecule has 0 atom stereocenters. The predicted octanol–water partition coefficient (Wildman–Crippen LogP) is 4.46. The van der Waals surface area contributed by atoms with Gasteiger partial charge in [0.1, 0.15) is 0 Å². The summed E-state index contributed by atoms with van der Waals surface area (Å²) in [7, 11) is 0. The second-order valence-corrected chi connectivity index (χ2v) is 9.51. The third kappa shape index (κ3) is 3.75. The van der Waals surface area contributed by atoms with E-state index in [1.54, 1.807) is 0 Å². The van der Waals surface area contributed by atoms with Gasteiger partial charge in [0.25, 0.3) is 0 Å². The summed E-state index contributed by atoms with van der Waals surface area (Å²) in [5, 5.41) is 0. The van der Waals surface area contributed by atoms with E-state index in [9.17, 15) is 0 Å². The Kier molecular flexibility index (Phi) is 5.24. The van der Waals surface area contributed by atoms with Crippen LogP contribution in [0.3, 0.4) is 0 Å². The number of aryl methyl sites for hydroxylation is 2. The van der Waals surface area contributed by atoms with Crippen molar-refractivity contribution < 1.29 is 17.7 Å². The summed E-state index contributed by atoms with van der Waals surface area (Å²) in [6.07, 6.45) is 3.76. The molecular weight excluding hydrogens is 508 g/mol. The molecule has 27 heavy (non-hydrogen) atoms. The summed E-state index contributed by atoms with van der Waals surface area (Å²) >= 11 is -0.538. The van der Waals surface area contributed by atoms with Gasteiger partial charge in [-0.15, -0.1) is 0 Å². The molecule has 0 radical (unpaired) electrons. The topological polar surface area (TPSA) is 25.8 Å². The van der Waals surface area contributed by atoms with Crippen molar-refractivity contribution in [1.82, 2.24) is 9.97 Å². The molecule has 0 fully saturated rings. The van der Waals surface area contributed by atoms with E-state index >= 15 is 0 Å². The molecule has 0 unspecified atom stereocenters. The Morgan fingerprint density at radius 1 is 0.556 bits per heavy atom. The molecule has 2 aromatic heterocycles. The molecule has 3 heteroatoms. The van der Waals surface area contributed by atoms with Gasteiger partial charge in [-0.25, -0.2) is 0 Å². The second-order valence-electron chi connectivity index (χ2n) is 6.33. The van der Waals surface area contributed by atoms with Crippen molar-refractivity contribution in [3.63, 3.8) is 0 Å². The second kappa shape index (κ2) is 7.96. The zero-order valence-electron chi connectivity index (χ0n) is 15.3. The fourth-order valence-corrected chi connectivity index (χ4v) is 6.22. The maximum absolute atomic E-state index is 4.65. The molecule has 4 aromatic rings. The van der Waals surface area contributed by atoms with E-state index in [0.717, 1.165) is 11.4 Å². The molecule has 0 saturated carbocycles. The van der Waals surface area contributed by atoms with Crippen LogP contribution in [0.15, 0.2) is 85.2 Å². The quantitative estimate of drug-likeness (QED) is 0.391. The fraction of sp³-hybridized carbons (Fsp3) is 0.0833. The molecule has 0 bridgehead atoms. The van der Waals surface area contributed by atoms with Crippen LogP contribution in [0.5, 0.6) is 0 Å². The molecule has 0 aliphatic carbocycles. The number of hydrogen-bond donors (Lipinski definition) is 0. The first-order chi connectivity index (χ1) is 13.2. The number of rotatable bonds is 4. The van der Waals surface area contributed by atoms with Crippen LogP contribution < -0.4 is 8.15 Å². The first-order valence-corrected chi connectivity index (χ1v) is 11.3. The van der Waals surface area contributed by atoms with Crippen molar-refractivity contribution in [3.05, 3.63) is 96.3 Å². The first kappa shape index (κ1) is 17.8. The number of pyridine rings is 2. The van der Waals surface area contributed by atoms with Gasteiger partial charge < -0.3 is 0 Å². The van der Waals surface area contributed by atoms with Crippen LogP contribution in [0, 0.1) is 13.8 Å². The van der Waals surface area contributed by atoms with Crippen molar-refractivity contribution >= 4 is 8.15 Å². The Morgan fingerprint density at radius 2 is 1.00 bits per heavy atom. The summed E-state index contributed by atoms with van der Waals surface area (Å²) in [4.78, 5) is 9.31. The van der Waals surface area contributed by atoms with Crippen LogP contribution in [-0.2, 0) is 17.7 Å². The molecule has 0 aliphatic rings. The van der Waals surface area contributed by atoms with Gasteiger partial charge in [-0.3, -0.25) is 0 Å². The number of benzene rings is 2. The molecule has 2 aromatic carbocycles. The molecule has 0 spiro atoms. The van der Waals surface area contributed by atoms with E-state index in [0.29, 0.717) is 0 Å². The minimum atomic E-state index is -0.538. The van der Waals surface area contributed by atoms with Gasteiger partial charge in [-0.2, -0.15) is 0 Å². The van der Waals surface area contributed by atoms with E-state index in [1.807, 2.05) is 24.5 Å². The van der Waals surface area contributed by atoms with Gasteiger partial charge in [0.2, 0.25) is 0 Å². The van der Waals surface area contributed by atoms with E-state index in [-0.39, 0.29) is 0 Å². The zero-order valence-corrected chi connectivity index (χ0v) is 17.7. The number of hydrogen-bond acceptors (Lipinski definition) is 2. The van der Waals surface area contributed by atoms with Crippen LogP contribution in [-0.4, -0.2) is 9.97 Å². The van der Waals surface area contributed by atoms with Crippen molar-refractivity contribution in [3.8, 4) is 22.5 Å². The number of nitrogens with zero attached hydrogens (tertiary/aromatic N) is 2. The zero-order chi connectivity index (χ0) is 18.6. The first-order valence-electron chi connectivity index (χ1n) is 8.86. The van der Waals surface area contributed by atoms with Gasteiger partial charge in [-0.05, 0) is 0 Å². The Morgan fingerprint density at radius 3 is 1.44 bits per heavy atom. The summed E-state index contributed by atoms with van der Waals surface area (Å²) in [6.45, 7) is 4.26. The Labute approximate surface area is 168 Å². The minimum absolute atomic E-state index is 0.538. The molecule has 2 nitrogen and oxygen atoms in total. The summed E-state index contributed by atoms with van der Waals surface area (Å²) < 4.78 is 2.81. The normalized spacial score (nSPS) is 10.9.